The summed E-state index contributed by atoms with van der Waals surface area (Å²) in [6, 6.07) is 14.2. The van der Waals surface area contributed by atoms with Gasteiger partial charge in [-0.2, -0.15) is 0 Å². The minimum Gasteiger partial charge on any atom is -1.00 e. The van der Waals surface area contributed by atoms with Crippen molar-refractivity contribution in [1.82, 2.24) is 4.98 Å². The van der Waals surface area contributed by atoms with Crippen molar-refractivity contribution in [2.24, 2.45) is 9.98 Å². The molecule has 6 heteroatoms. The third-order valence-corrected chi connectivity index (χ3v) is 4.87. The Balaban J connectivity index is 0.000000311. The van der Waals surface area contributed by atoms with E-state index in [9.17, 15) is 0 Å². The van der Waals surface area contributed by atoms with Gasteiger partial charge in [-0.1, -0.05) is 24.3 Å². The quantitative estimate of drug-likeness (QED) is 0.392. The van der Waals surface area contributed by atoms with E-state index in [2.05, 4.69) is 64.1 Å². The molecular weight excluding hydrogens is 469 g/mol. The number of rotatable bonds is 3. The summed E-state index contributed by atoms with van der Waals surface area (Å²) in [5.41, 5.74) is 8.61. The second-order valence-electron chi connectivity index (χ2n) is 7.18. The van der Waals surface area contributed by atoms with Gasteiger partial charge < -0.3 is 12.4 Å². The molecule has 0 aliphatic heterocycles. The zero-order chi connectivity index (χ0) is 22.3. The molecule has 0 N–H and O–H groups in total. The molecule has 2 aromatic carbocycles. The van der Waals surface area contributed by atoms with E-state index < -0.39 is 0 Å². The number of aliphatic imine (C=N–C) groups is 2. The molecular formula is C25H27Cl2FeN3. The van der Waals surface area contributed by atoms with Gasteiger partial charge in [0, 0.05) is 23.7 Å². The molecule has 0 unspecified atom stereocenters. The summed E-state index contributed by atoms with van der Waals surface area (Å²) >= 11 is 9.77. The molecule has 0 saturated carbocycles. The number of aromatic nitrogens is 1. The smallest absolute Gasteiger partial charge is 1.00 e. The van der Waals surface area contributed by atoms with Crippen molar-refractivity contribution in [1.29, 1.82) is 0 Å². The van der Waals surface area contributed by atoms with Gasteiger partial charge in [0.05, 0.1) is 5.69 Å². The van der Waals surface area contributed by atoms with E-state index in [0.717, 1.165) is 38.4 Å². The summed E-state index contributed by atoms with van der Waals surface area (Å²) < 4.78 is 0.772. The average molecular weight is 496 g/mol. The fourth-order valence-electron chi connectivity index (χ4n) is 2.99. The van der Waals surface area contributed by atoms with E-state index in [1.807, 2.05) is 52.1 Å². The van der Waals surface area contributed by atoms with Crippen LogP contribution in [0.25, 0.3) is 0 Å². The SMILES string of the molecule is CC(=Nc1c(C)cccc1C)c1cccnc1.C[C]([Fe+])=Nc1c(C)cc(C)cc1Cl.[Cl-]. The fraction of sp³-hybridized carbons (Fsp3) is 0.240. The zero-order valence-corrected chi connectivity index (χ0v) is 21.3. The number of para-hydroxylation sites is 1. The molecule has 3 nitrogen and oxygen atoms in total. The Kier molecular flexibility index (Phi) is 11.2. The summed E-state index contributed by atoms with van der Waals surface area (Å²) in [6.07, 6.45) is 3.61. The molecule has 164 valence electrons. The summed E-state index contributed by atoms with van der Waals surface area (Å²) in [4.78, 5) is 13.1. The van der Waals surface area contributed by atoms with Gasteiger partial charge in [-0.15, -0.1) is 0 Å². The standard InChI is InChI=1S/C15H16N2.C10H11ClN.ClH.Fe/c1-11-6-4-7-12(2)15(11)17-13(3)14-8-5-9-16-10-14;1-4-12-10-8(3)5-7(2)6-9(10)11;;/h4-10H,1-3H3;5-6H,1-3H3;1H;/q;;;+1/p-1. The molecule has 0 aliphatic rings. The molecule has 1 aromatic heterocycles. The molecule has 0 atom stereocenters. The first-order valence-electron chi connectivity index (χ1n) is 9.67. The minimum absolute atomic E-state index is 0. The Morgan fingerprint density at radius 2 is 1.52 bits per heavy atom. The van der Waals surface area contributed by atoms with Crippen LogP contribution in [-0.2, 0) is 16.0 Å². The topological polar surface area (TPSA) is 37.6 Å². The monoisotopic (exact) mass is 495 g/mol. The second-order valence-corrected chi connectivity index (χ2v) is 8.39. The van der Waals surface area contributed by atoms with Crippen LogP contribution in [0.15, 0.2) is 64.8 Å². The number of aryl methyl sites for hydroxylation is 4. The van der Waals surface area contributed by atoms with Crippen molar-refractivity contribution >= 4 is 33.3 Å². The first-order chi connectivity index (χ1) is 14.2. The summed E-state index contributed by atoms with van der Waals surface area (Å²) in [5, 5.41) is 0.695. The van der Waals surface area contributed by atoms with Gasteiger partial charge >= 0.3 is 92.0 Å². The number of hydrogen-bond donors (Lipinski definition) is 0. The van der Waals surface area contributed by atoms with Gasteiger partial charge in [-0.05, 0) is 38.0 Å². The predicted molar refractivity (Wildman–Crippen MR) is 126 cm³/mol. The van der Waals surface area contributed by atoms with Gasteiger partial charge in [0.15, 0.2) is 0 Å². The van der Waals surface area contributed by atoms with Crippen LogP contribution in [-0.4, -0.2) is 15.3 Å². The van der Waals surface area contributed by atoms with Crippen molar-refractivity contribution in [3.05, 3.63) is 87.7 Å². The van der Waals surface area contributed by atoms with Crippen LogP contribution in [0.5, 0.6) is 0 Å². The molecule has 3 aromatic rings. The minimum atomic E-state index is 0. The summed E-state index contributed by atoms with van der Waals surface area (Å²) in [7, 11) is 0. The first-order valence-corrected chi connectivity index (χ1v) is 10.6. The molecule has 0 spiro atoms. The molecule has 0 bridgehead atoms. The van der Waals surface area contributed by atoms with Crippen molar-refractivity contribution in [3.8, 4) is 0 Å². The molecule has 0 radical (unpaired) electrons. The van der Waals surface area contributed by atoms with E-state index in [1.54, 1.807) is 6.20 Å². The van der Waals surface area contributed by atoms with E-state index in [-0.39, 0.29) is 12.4 Å². The zero-order valence-electron chi connectivity index (χ0n) is 18.6. The molecule has 1 heterocycles. The average Bonchev–Trinajstić information content (AvgIpc) is 2.68. The van der Waals surface area contributed by atoms with E-state index in [1.165, 1.54) is 11.1 Å². The molecule has 0 amide bonds. The third-order valence-electron chi connectivity index (χ3n) is 4.46. The Bertz CT molecular complexity index is 1030. The van der Waals surface area contributed by atoms with Crippen LogP contribution in [0.1, 0.15) is 41.7 Å². The maximum absolute atomic E-state index is 6.04. The summed E-state index contributed by atoms with van der Waals surface area (Å²) in [6.45, 7) is 12.1. The molecule has 31 heavy (non-hydrogen) atoms. The number of benzene rings is 2. The maximum Gasteiger partial charge on any atom is -1.00 e. The predicted octanol–water partition coefficient (Wildman–Crippen LogP) is 4.40. The van der Waals surface area contributed by atoms with E-state index in [0.29, 0.717) is 5.02 Å². The van der Waals surface area contributed by atoms with Crippen molar-refractivity contribution < 1.29 is 28.4 Å². The van der Waals surface area contributed by atoms with Crippen molar-refractivity contribution in [3.63, 3.8) is 0 Å². The van der Waals surface area contributed by atoms with Gasteiger partial charge in [0.2, 0.25) is 0 Å². The number of hydrogen-bond acceptors (Lipinski definition) is 3. The largest absolute Gasteiger partial charge is 1.00 e. The Hall–Kier alpha value is -1.97. The maximum atomic E-state index is 6.04. The van der Waals surface area contributed by atoms with E-state index in [4.69, 9.17) is 16.6 Å². The van der Waals surface area contributed by atoms with Crippen molar-refractivity contribution in [2.75, 3.05) is 0 Å². The van der Waals surface area contributed by atoms with Gasteiger partial charge in [-0.3, -0.25) is 9.98 Å². The fourth-order valence-corrected chi connectivity index (χ4v) is 3.48. The Morgan fingerprint density at radius 3 is 2.03 bits per heavy atom. The van der Waals surface area contributed by atoms with Crippen LogP contribution < -0.4 is 12.4 Å². The Morgan fingerprint density at radius 1 is 0.871 bits per heavy atom. The van der Waals surface area contributed by atoms with Crippen LogP contribution in [0, 0.1) is 27.7 Å². The van der Waals surface area contributed by atoms with E-state index >= 15 is 0 Å². The molecule has 0 aliphatic carbocycles. The molecule has 0 fully saturated rings. The van der Waals surface area contributed by atoms with Crippen LogP contribution in [0.4, 0.5) is 11.4 Å². The normalized spacial score (nSPS) is 11.4. The third kappa shape index (κ3) is 8.23. The number of nitrogens with zero attached hydrogens (tertiary/aromatic N) is 3. The van der Waals surface area contributed by atoms with Crippen LogP contribution in [0.3, 0.4) is 0 Å². The second kappa shape index (κ2) is 12.8. The number of halogens is 2. The van der Waals surface area contributed by atoms with Crippen LogP contribution in [0.2, 0.25) is 5.02 Å². The first kappa shape index (κ1) is 27.1. The Labute approximate surface area is 205 Å². The summed E-state index contributed by atoms with van der Waals surface area (Å²) in [5.74, 6) is 0. The van der Waals surface area contributed by atoms with Gasteiger partial charge in [0.1, 0.15) is 0 Å². The van der Waals surface area contributed by atoms with Crippen LogP contribution >= 0.6 is 11.6 Å². The molecule has 3 rings (SSSR count). The van der Waals surface area contributed by atoms with Crippen molar-refractivity contribution in [2.45, 2.75) is 41.5 Å². The van der Waals surface area contributed by atoms with Gasteiger partial charge in [-0.25, -0.2) is 0 Å². The number of pyridine rings is 1. The molecule has 0 saturated heterocycles. The van der Waals surface area contributed by atoms with Gasteiger partial charge in [0.25, 0.3) is 0 Å².